The third-order valence-corrected chi connectivity index (χ3v) is 3.54. The van der Waals surface area contributed by atoms with Gasteiger partial charge in [0.15, 0.2) is 0 Å². The summed E-state index contributed by atoms with van der Waals surface area (Å²) in [5.41, 5.74) is 2.60. The molecule has 0 fully saturated rings. The summed E-state index contributed by atoms with van der Waals surface area (Å²) < 4.78 is 11.5. The van der Waals surface area contributed by atoms with Gasteiger partial charge in [0, 0.05) is 19.1 Å². The molecule has 0 aliphatic rings. The van der Waals surface area contributed by atoms with Crippen LogP contribution in [0.2, 0.25) is 6.32 Å². The molecule has 0 atom stereocenters. The first-order valence-electron chi connectivity index (χ1n) is 7.68. The maximum Gasteiger partial charge on any atom is 0.457 e. The molecule has 0 N–H and O–H groups in total. The van der Waals surface area contributed by atoms with Crippen LogP contribution in [0.15, 0.2) is 60.7 Å². The van der Waals surface area contributed by atoms with Crippen LogP contribution < -0.4 is 0 Å². The van der Waals surface area contributed by atoms with Crippen LogP contribution in [0, 0.1) is 0 Å². The SMILES string of the molecule is CCOB(CC(c1ccccc1)c1ccccc1)OCC. The first kappa shape index (κ1) is 15.8. The molecule has 110 valence electrons. The van der Waals surface area contributed by atoms with Crippen LogP contribution in [-0.2, 0) is 9.31 Å². The molecule has 0 saturated carbocycles. The van der Waals surface area contributed by atoms with Crippen molar-refractivity contribution in [1.29, 1.82) is 0 Å². The molecule has 0 radical (unpaired) electrons. The fourth-order valence-electron chi connectivity index (χ4n) is 2.58. The molecule has 0 aliphatic heterocycles. The molecule has 21 heavy (non-hydrogen) atoms. The summed E-state index contributed by atoms with van der Waals surface area (Å²) in [6.45, 7) is 5.35. The lowest BCUT2D eigenvalue weighted by atomic mass is 9.72. The highest BCUT2D eigenvalue weighted by Crippen LogP contribution is 2.30. The Morgan fingerprint density at radius 3 is 1.57 bits per heavy atom. The van der Waals surface area contributed by atoms with E-state index < -0.39 is 0 Å². The van der Waals surface area contributed by atoms with Crippen molar-refractivity contribution in [3.8, 4) is 0 Å². The Hall–Kier alpha value is -1.58. The number of hydrogen-bond donors (Lipinski definition) is 0. The third-order valence-electron chi connectivity index (χ3n) is 3.54. The Kier molecular flexibility index (Phi) is 6.51. The summed E-state index contributed by atoms with van der Waals surface area (Å²) in [7, 11) is -0.162. The first-order chi connectivity index (χ1) is 10.3. The number of benzene rings is 2. The molecule has 0 heterocycles. The minimum absolute atomic E-state index is 0.162. The van der Waals surface area contributed by atoms with E-state index in [9.17, 15) is 0 Å². The second kappa shape index (κ2) is 8.65. The summed E-state index contributed by atoms with van der Waals surface area (Å²) in [6, 6.07) is 21.1. The molecule has 2 nitrogen and oxygen atoms in total. The van der Waals surface area contributed by atoms with Crippen molar-refractivity contribution < 1.29 is 9.31 Å². The fourth-order valence-corrected chi connectivity index (χ4v) is 2.58. The van der Waals surface area contributed by atoms with Crippen LogP contribution in [0.4, 0.5) is 0 Å². The van der Waals surface area contributed by atoms with E-state index in [0.717, 1.165) is 6.32 Å². The molecular weight excluding hydrogens is 259 g/mol. The predicted octanol–water partition coefficient (Wildman–Crippen LogP) is 4.38. The van der Waals surface area contributed by atoms with Gasteiger partial charge in [-0.3, -0.25) is 0 Å². The van der Waals surface area contributed by atoms with Crippen molar-refractivity contribution >= 4 is 7.12 Å². The molecule has 0 aliphatic carbocycles. The highest BCUT2D eigenvalue weighted by Gasteiger charge is 2.25. The van der Waals surface area contributed by atoms with E-state index >= 15 is 0 Å². The van der Waals surface area contributed by atoms with Crippen molar-refractivity contribution in [2.75, 3.05) is 13.2 Å². The normalized spacial score (nSPS) is 10.8. The summed E-state index contributed by atoms with van der Waals surface area (Å²) in [4.78, 5) is 0. The average molecular weight is 282 g/mol. The molecule has 2 aromatic carbocycles. The summed E-state index contributed by atoms with van der Waals surface area (Å²) in [5, 5.41) is 0. The largest absolute Gasteiger partial charge is 0.457 e. The zero-order valence-electron chi connectivity index (χ0n) is 12.9. The lowest BCUT2D eigenvalue weighted by Gasteiger charge is -2.21. The van der Waals surface area contributed by atoms with Gasteiger partial charge in [-0.25, -0.2) is 0 Å². The average Bonchev–Trinajstić information content (AvgIpc) is 2.54. The molecule has 0 bridgehead atoms. The van der Waals surface area contributed by atoms with Crippen molar-refractivity contribution in [3.63, 3.8) is 0 Å². The van der Waals surface area contributed by atoms with Gasteiger partial charge >= 0.3 is 7.12 Å². The van der Waals surface area contributed by atoms with Gasteiger partial charge in [0.2, 0.25) is 0 Å². The van der Waals surface area contributed by atoms with Gasteiger partial charge in [-0.15, -0.1) is 0 Å². The van der Waals surface area contributed by atoms with E-state index in [2.05, 4.69) is 48.5 Å². The number of rotatable bonds is 8. The minimum Gasteiger partial charge on any atom is -0.411 e. The topological polar surface area (TPSA) is 18.5 Å². The molecular formula is C18H23BO2. The lowest BCUT2D eigenvalue weighted by molar-refractivity contribution is 0.212. The van der Waals surface area contributed by atoms with E-state index in [1.165, 1.54) is 11.1 Å². The highest BCUT2D eigenvalue weighted by atomic mass is 16.6. The lowest BCUT2D eigenvalue weighted by Crippen LogP contribution is -2.25. The quantitative estimate of drug-likeness (QED) is 0.669. The number of hydrogen-bond acceptors (Lipinski definition) is 2. The standard InChI is InChI=1S/C18H23BO2/c1-3-20-19(21-4-2)15-18(16-11-7-5-8-12-16)17-13-9-6-10-14-17/h5-14,18H,3-4,15H2,1-2H3. The van der Waals surface area contributed by atoms with Gasteiger partial charge in [-0.05, 0) is 31.3 Å². The molecule has 2 aromatic rings. The van der Waals surface area contributed by atoms with Crippen LogP contribution in [0.1, 0.15) is 30.9 Å². The van der Waals surface area contributed by atoms with E-state index in [0.29, 0.717) is 13.2 Å². The molecule has 0 unspecified atom stereocenters. The minimum atomic E-state index is -0.162. The van der Waals surface area contributed by atoms with Crippen molar-refractivity contribution in [2.45, 2.75) is 26.1 Å². The van der Waals surface area contributed by atoms with Crippen molar-refractivity contribution in [2.24, 2.45) is 0 Å². The molecule has 0 saturated heterocycles. The summed E-state index contributed by atoms with van der Waals surface area (Å²) in [5.74, 6) is 0.287. The van der Waals surface area contributed by atoms with E-state index in [-0.39, 0.29) is 13.0 Å². The van der Waals surface area contributed by atoms with Gasteiger partial charge < -0.3 is 9.31 Å². The van der Waals surface area contributed by atoms with Gasteiger partial charge in [-0.2, -0.15) is 0 Å². The van der Waals surface area contributed by atoms with E-state index in [1.807, 2.05) is 26.0 Å². The zero-order chi connectivity index (χ0) is 14.9. The molecule has 2 rings (SSSR count). The Morgan fingerprint density at radius 2 is 1.19 bits per heavy atom. The molecule has 0 aromatic heterocycles. The zero-order valence-corrected chi connectivity index (χ0v) is 12.9. The van der Waals surface area contributed by atoms with Crippen LogP contribution in [0.3, 0.4) is 0 Å². The second-order valence-electron chi connectivity index (χ2n) is 4.95. The Morgan fingerprint density at radius 1 is 0.762 bits per heavy atom. The van der Waals surface area contributed by atoms with Gasteiger partial charge in [-0.1, -0.05) is 60.7 Å². The monoisotopic (exact) mass is 282 g/mol. The van der Waals surface area contributed by atoms with Crippen molar-refractivity contribution in [3.05, 3.63) is 71.8 Å². The van der Waals surface area contributed by atoms with Gasteiger partial charge in [0.25, 0.3) is 0 Å². The maximum atomic E-state index is 5.73. The van der Waals surface area contributed by atoms with E-state index in [4.69, 9.17) is 9.31 Å². The van der Waals surface area contributed by atoms with Crippen LogP contribution in [-0.4, -0.2) is 20.3 Å². The smallest absolute Gasteiger partial charge is 0.411 e. The predicted molar refractivity (Wildman–Crippen MR) is 88.5 cm³/mol. The van der Waals surface area contributed by atoms with Crippen molar-refractivity contribution in [1.82, 2.24) is 0 Å². The van der Waals surface area contributed by atoms with Gasteiger partial charge in [0.1, 0.15) is 0 Å². The van der Waals surface area contributed by atoms with Crippen LogP contribution in [0.5, 0.6) is 0 Å². The highest BCUT2D eigenvalue weighted by molar-refractivity contribution is 6.44. The molecule has 0 amide bonds. The van der Waals surface area contributed by atoms with Crippen LogP contribution >= 0.6 is 0 Å². The van der Waals surface area contributed by atoms with E-state index in [1.54, 1.807) is 0 Å². The molecule has 3 heteroatoms. The Balaban J connectivity index is 2.24. The first-order valence-corrected chi connectivity index (χ1v) is 7.68. The Labute approximate surface area is 128 Å². The molecule has 0 spiro atoms. The van der Waals surface area contributed by atoms with Gasteiger partial charge in [0.05, 0.1) is 0 Å². The Bertz CT molecular complexity index is 456. The van der Waals surface area contributed by atoms with Crippen LogP contribution in [0.25, 0.3) is 0 Å². The maximum absolute atomic E-state index is 5.73. The fraction of sp³-hybridized carbons (Fsp3) is 0.333. The summed E-state index contributed by atoms with van der Waals surface area (Å²) in [6.07, 6.45) is 0.829. The third kappa shape index (κ3) is 4.73. The second-order valence-corrected chi connectivity index (χ2v) is 4.95. The summed E-state index contributed by atoms with van der Waals surface area (Å²) >= 11 is 0.